The molecule has 1 aromatic heterocycles. The summed E-state index contributed by atoms with van der Waals surface area (Å²) in [5.74, 6) is 0.328. The smallest absolute Gasteiger partial charge is 0.212 e. The zero-order chi connectivity index (χ0) is 13.6. The van der Waals surface area contributed by atoms with E-state index < -0.39 is 10.0 Å². The third-order valence-corrected chi connectivity index (χ3v) is 4.76. The highest BCUT2D eigenvalue weighted by molar-refractivity contribution is 9.09. The predicted octanol–water partition coefficient (Wildman–Crippen LogP) is 1.96. The van der Waals surface area contributed by atoms with Gasteiger partial charge in [-0.15, -0.1) is 0 Å². The van der Waals surface area contributed by atoms with Crippen LogP contribution in [0.5, 0.6) is 0 Å². The zero-order valence-electron chi connectivity index (χ0n) is 10.6. The van der Waals surface area contributed by atoms with Crippen LogP contribution in [0.15, 0.2) is 24.4 Å². The lowest BCUT2D eigenvalue weighted by Gasteiger charge is -2.19. The van der Waals surface area contributed by atoms with Crippen LogP contribution in [-0.2, 0) is 16.4 Å². The molecule has 0 saturated carbocycles. The van der Waals surface area contributed by atoms with Gasteiger partial charge in [0.15, 0.2) is 0 Å². The van der Waals surface area contributed by atoms with Gasteiger partial charge >= 0.3 is 0 Å². The summed E-state index contributed by atoms with van der Waals surface area (Å²) in [5.41, 5.74) is 0.794. The Bertz CT molecular complexity index is 448. The molecule has 0 fully saturated rings. The highest BCUT2D eigenvalue weighted by Gasteiger charge is 2.19. The van der Waals surface area contributed by atoms with Crippen LogP contribution in [0.2, 0.25) is 0 Å². The summed E-state index contributed by atoms with van der Waals surface area (Å²) in [7, 11) is -3.26. The van der Waals surface area contributed by atoms with E-state index in [0.29, 0.717) is 11.8 Å². The Morgan fingerprint density at radius 2 is 2.11 bits per heavy atom. The van der Waals surface area contributed by atoms with Crippen molar-refractivity contribution >= 4 is 26.0 Å². The third-order valence-electron chi connectivity index (χ3n) is 2.65. The molecule has 0 saturated heterocycles. The number of aromatic nitrogens is 1. The largest absolute Gasteiger partial charge is 0.261 e. The Morgan fingerprint density at radius 3 is 2.61 bits per heavy atom. The molecule has 0 bridgehead atoms. The molecule has 1 rings (SSSR count). The van der Waals surface area contributed by atoms with Crippen LogP contribution in [0.25, 0.3) is 0 Å². The van der Waals surface area contributed by atoms with Gasteiger partial charge in [-0.3, -0.25) is 4.98 Å². The first-order valence-electron chi connectivity index (χ1n) is 5.90. The molecule has 4 nitrogen and oxygen atoms in total. The average Bonchev–Trinajstić information content (AvgIpc) is 2.35. The average molecular weight is 335 g/mol. The number of hydrogen-bond donors (Lipinski definition) is 1. The maximum atomic E-state index is 11.9. The molecule has 18 heavy (non-hydrogen) atoms. The molecule has 0 aromatic carbocycles. The molecule has 0 aliphatic carbocycles. The number of alkyl halides is 1. The quantitative estimate of drug-likeness (QED) is 0.775. The number of pyridine rings is 1. The van der Waals surface area contributed by atoms with Gasteiger partial charge in [-0.05, 0) is 18.1 Å². The second-order valence-corrected chi connectivity index (χ2v) is 7.03. The maximum Gasteiger partial charge on any atom is 0.212 e. The Hall–Kier alpha value is -0.460. The Balaban J connectivity index is 2.55. The van der Waals surface area contributed by atoms with Crippen molar-refractivity contribution < 1.29 is 8.42 Å². The highest BCUT2D eigenvalue weighted by Crippen LogP contribution is 2.07. The molecular weight excluding hydrogens is 316 g/mol. The first-order valence-corrected chi connectivity index (χ1v) is 8.68. The summed E-state index contributed by atoms with van der Waals surface area (Å²) in [6, 6.07) is 5.44. The summed E-state index contributed by atoms with van der Waals surface area (Å²) in [6.45, 7) is 3.99. The van der Waals surface area contributed by atoms with Gasteiger partial charge in [0.05, 0.1) is 5.75 Å². The van der Waals surface area contributed by atoms with E-state index in [2.05, 4.69) is 25.6 Å². The number of sulfonamides is 1. The SMILES string of the molecule is CC(C)C(CBr)NS(=O)(=O)CCc1ccccn1. The molecule has 102 valence electrons. The van der Waals surface area contributed by atoms with E-state index in [1.165, 1.54) is 0 Å². The molecule has 1 unspecified atom stereocenters. The van der Waals surface area contributed by atoms with Gasteiger partial charge < -0.3 is 0 Å². The minimum absolute atomic E-state index is 0.0697. The van der Waals surface area contributed by atoms with Crippen LogP contribution < -0.4 is 4.72 Å². The van der Waals surface area contributed by atoms with Crippen molar-refractivity contribution in [1.29, 1.82) is 0 Å². The number of rotatable bonds is 7. The first-order chi connectivity index (χ1) is 8.44. The second-order valence-electron chi connectivity index (χ2n) is 4.51. The van der Waals surface area contributed by atoms with Gasteiger partial charge in [-0.2, -0.15) is 0 Å². The molecule has 1 atom stereocenters. The second kappa shape index (κ2) is 7.21. The minimum Gasteiger partial charge on any atom is -0.261 e. The number of aryl methyl sites for hydroxylation is 1. The van der Waals surface area contributed by atoms with Crippen molar-refractivity contribution in [2.75, 3.05) is 11.1 Å². The molecule has 1 N–H and O–H groups in total. The first kappa shape index (κ1) is 15.6. The van der Waals surface area contributed by atoms with E-state index >= 15 is 0 Å². The van der Waals surface area contributed by atoms with E-state index in [1.54, 1.807) is 6.20 Å². The lowest BCUT2D eigenvalue weighted by atomic mass is 10.1. The fourth-order valence-electron chi connectivity index (χ4n) is 1.42. The zero-order valence-corrected chi connectivity index (χ0v) is 13.0. The monoisotopic (exact) mass is 334 g/mol. The highest BCUT2D eigenvalue weighted by atomic mass is 79.9. The lowest BCUT2D eigenvalue weighted by molar-refractivity contribution is 0.483. The third kappa shape index (κ3) is 5.46. The number of nitrogens with one attached hydrogen (secondary N) is 1. The summed E-state index contributed by atoms with van der Waals surface area (Å²) >= 11 is 3.33. The van der Waals surface area contributed by atoms with Gasteiger partial charge in [-0.1, -0.05) is 35.8 Å². The van der Waals surface area contributed by atoms with Crippen LogP contribution in [0, 0.1) is 5.92 Å². The van der Waals surface area contributed by atoms with Gasteiger partial charge in [0.2, 0.25) is 10.0 Å². The molecule has 1 heterocycles. The molecule has 0 aliphatic rings. The standard InChI is InChI=1S/C12H19BrN2O2S/c1-10(2)12(9-13)15-18(16,17)8-6-11-5-3-4-7-14-11/h3-5,7,10,12,15H,6,8-9H2,1-2H3. The molecule has 6 heteroatoms. The fraction of sp³-hybridized carbons (Fsp3) is 0.583. The summed E-state index contributed by atoms with van der Waals surface area (Å²) in [5, 5.41) is 0.619. The normalized spacial score (nSPS) is 13.8. The Kier molecular flexibility index (Phi) is 6.25. The maximum absolute atomic E-state index is 11.9. The van der Waals surface area contributed by atoms with Crippen LogP contribution in [0.4, 0.5) is 0 Å². The van der Waals surface area contributed by atoms with E-state index in [0.717, 1.165) is 5.69 Å². The van der Waals surface area contributed by atoms with Crippen molar-refractivity contribution in [2.24, 2.45) is 5.92 Å². The molecule has 0 aliphatic heterocycles. The fourth-order valence-corrected chi connectivity index (χ4v) is 3.96. The van der Waals surface area contributed by atoms with E-state index in [4.69, 9.17) is 0 Å². The summed E-state index contributed by atoms with van der Waals surface area (Å²) in [4.78, 5) is 4.11. The Morgan fingerprint density at radius 1 is 1.39 bits per heavy atom. The van der Waals surface area contributed by atoms with E-state index in [1.807, 2.05) is 32.0 Å². The lowest BCUT2D eigenvalue weighted by Crippen LogP contribution is -2.41. The van der Waals surface area contributed by atoms with Crippen molar-refractivity contribution in [3.8, 4) is 0 Å². The number of halogens is 1. The van der Waals surface area contributed by atoms with Gasteiger partial charge in [0, 0.05) is 29.7 Å². The van der Waals surface area contributed by atoms with Crippen LogP contribution in [0.3, 0.4) is 0 Å². The summed E-state index contributed by atoms with van der Waals surface area (Å²) in [6.07, 6.45) is 2.11. The molecule has 0 radical (unpaired) electrons. The predicted molar refractivity (Wildman–Crippen MR) is 77.3 cm³/mol. The van der Waals surface area contributed by atoms with Crippen molar-refractivity contribution in [3.05, 3.63) is 30.1 Å². The molecular formula is C12H19BrN2O2S. The summed E-state index contributed by atoms with van der Waals surface area (Å²) < 4.78 is 26.5. The van der Waals surface area contributed by atoms with Gasteiger partial charge in [0.25, 0.3) is 0 Å². The molecule has 0 spiro atoms. The van der Waals surface area contributed by atoms with Gasteiger partial charge in [0.1, 0.15) is 0 Å². The van der Waals surface area contributed by atoms with Crippen molar-refractivity contribution in [3.63, 3.8) is 0 Å². The van der Waals surface area contributed by atoms with Crippen LogP contribution in [-0.4, -0.2) is 30.5 Å². The van der Waals surface area contributed by atoms with Gasteiger partial charge in [-0.25, -0.2) is 13.1 Å². The molecule has 1 aromatic rings. The van der Waals surface area contributed by atoms with E-state index in [9.17, 15) is 8.42 Å². The number of nitrogens with zero attached hydrogens (tertiary/aromatic N) is 1. The number of hydrogen-bond acceptors (Lipinski definition) is 3. The van der Waals surface area contributed by atoms with Crippen molar-refractivity contribution in [1.82, 2.24) is 9.71 Å². The molecule has 0 amide bonds. The van der Waals surface area contributed by atoms with Crippen molar-refractivity contribution in [2.45, 2.75) is 26.3 Å². The van der Waals surface area contributed by atoms with E-state index in [-0.39, 0.29) is 17.7 Å². The van der Waals surface area contributed by atoms with Crippen LogP contribution >= 0.6 is 15.9 Å². The van der Waals surface area contributed by atoms with Crippen LogP contribution in [0.1, 0.15) is 19.5 Å². The minimum atomic E-state index is -3.26. The Labute approximate surface area is 117 Å². The topological polar surface area (TPSA) is 59.1 Å².